The van der Waals surface area contributed by atoms with Crippen molar-refractivity contribution in [3.8, 4) is 0 Å². The van der Waals surface area contributed by atoms with E-state index in [0.717, 1.165) is 25.4 Å². The van der Waals surface area contributed by atoms with Crippen molar-refractivity contribution in [2.24, 2.45) is 0 Å². The van der Waals surface area contributed by atoms with Crippen molar-refractivity contribution < 1.29 is 4.74 Å². The molecule has 1 saturated heterocycles. The summed E-state index contributed by atoms with van der Waals surface area (Å²) in [6.45, 7) is 2.43. The lowest BCUT2D eigenvalue weighted by molar-refractivity contribution is 0.0753. The zero-order chi connectivity index (χ0) is 10.1. The van der Waals surface area contributed by atoms with Crippen LogP contribution in [-0.2, 0) is 4.74 Å². The number of hydrogen-bond acceptors (Lipinski definition) is 3. The van der Waals surface area contributed by atoms with Gasteiger partial charge in [0.2, 0.25) is 0 Å². The molecule has 4 nitrogen and oxygen atoms in total. The Morgan fingerprint density at radius 3 is 3.33 bits per heavy atom. The number of aromatic nitrogens is 2. The molecule has 4 heteroatoms. The van der Waals surface area contributed by atoms with Crippen LogP contribution < -0.4 is 5.32 Å². The molecule has 2 aromatic heterocycles. The van der Waals surface area contributed by atoms with Gasteiger partial charge in [-0.3, -0.25) is 0 Å². The minimum atomic E-state index is 0.260. The van der Waals surface area contributed by atoms with Gasteiger partial charge >= 0.3 is 0 Å². The smallest absolute Gasteiger partial charge is 0.136 e. The van der Waals surface area contributed by atoms with Crippen LogP contribution in [0.4, 0.5) is 0 Å². The number of hydrogen-bond donors (Lipinski definition) is 1. The second kappa shape index (κ2) is 3.64. The normalized spacial score (nSPS) is 22.0. The molecule has 2 aromatic rings. The Balaban J connectivity index is 2.02. The third-order valence-electron chi connectivity index (χ3n) is 2.72. The fourth-order valence-corrected chi connectivity index (χ4v) is 1.97. The third kappa shape index (κ3) is 1.52. The highest BCUT2D eigenvalue weighted by molar-refractivity contribution is 5.40. The van der Waals surface area contributed by atoms with Gasteiger partial charge in [-0.2, -0.15) is 0 Å². The fourth-order valence-electron chi connectivity index (χ4n) is 1.97. The highest BCUT2D eigenvalue weighted by Crippen LogP contribution is 2.16. The van der Waals surface area contributed by atoms with Crippen molar-refractivity contribution in [3.05, 3.63) is 36.3 Å². The van der Waals surface area contributed by atoms with Crippen LogP contribution in [0.25, 0.3) is 5.65 Å². The van der Waals surface area contributed by atoms with Crippen LogP contribution in [0.2, 0.25) is 0 Å². The summed E-state index contributed by atoms with van der Waals surface area (Å²) in [5, 5.41) is 3.43. The van der Waals surface area contributed by atoms with Crippen molar-refractivity contribution in [3.63, 3.8) is 0 Å². The van der Waals surface area contributed by atoms with E-state index in [0.29, 0.717) is 0 Å². The molecule has 15 heavy (non-hydrogen) atoms. The maximum atomic E-state index is 5.45. The summed E-state index contributed by atoms with van der Waals surface area (Å²) >= 11 is 0. The molecule has 0 amide bonds. The maximum Gasteiger partial charge on any atom is 0.136 e. The zero-order valence-corrected chi connectivity index (χ0v) is 8.39. The second-order valence-electron chi connectivity index (χ2n) is 3.69. The van der Waals surface area contributed by atoms with E-state index < -0.39 is 0 Å². The second-order valence-corrected chi connectivity index (χ2v) is 3.69. The van der Waals surface area contributed by atoms with Crippen molar-refractivity contribution in [1.82, 2.24) is 14.7 Å². The van der Waals surface area contributed by atoms with Gasteiger partial charge in [0.15, 0.2) is 0 Å². The molecular formula is C11H13N3O. The molecule has 1 N–H and O–H groups in total. The van der Waals surface area contributed by atoms with Crippen molar-refractivity contribution in [1.29, 1.82) is 0 Å². The molecule has 1 aliphatic rings. The van der Waals surface area contributed by atoms with Crippen LogP contribution in [0.15, 0.2) is 30.6 Å². The van der Waals surface area contributed by atoms with E-state index in [-0.39, 0.29) is 6.04 Å². The molecule has 1 atom stereocenters. The molecule has 3 heterocycles. The first kappa shape index (κ1) is 8.88. The van der Waals surface area contributed by atoms with Crippen LogP contribution in [-0.4, -0.2) is 29.1 Å². The number of imidazole rings is 1. The van der Waals surface area contributed by atoms with E-state index in [4.69, 9.17) is 4.74 Å². The van der Waals surface area contributed by atoms with Gasteiger partial charge in [0, 0.05) is 12.7 Å². The van der Waals surface area contributed by atoms with E-state index in [1.165, 1.54) is 5.69 Å². The van der Waals surface area contributed by atoms with Gasteiger partial charge in [-0.15, -0.1) is 0 Å². The molecule has 1 unspecified atom stereocenters. The maximum absolute atomic E-state index is 5.45. The van der Waals surface area contributed by atoms with Crippen molar-refractivity contribution >= 4 is 5.65 Å². The summed E-state index contributed by atoms with van der Waals surface area (Å²) in [4.78, 5) is 4.36. The summed E-state index contributed by atoms with van der Waals surface area (Å²) in [5.74, 6) is 0. The van der Waals surface area contributed by atoms with Gasteiger partial charge < -0.3 is 14.5 Å². The Kier molecular flexibility index (Phi) is 2.16. The zero-order valence-electron chi connectivity index (χ0n) is 8.39. The number of nitrogens with zero attached hydrogens (tertiary/aromatic N) is 2. The van der Waals surface area contributed by atoms with Gasteiger partial charge in [-0.25, -0.2) is 4.98 Å². The van der Waals surface area contributed by atoms with Crippen LogP contribution in [0, 0.1) is 0 Å². The van der Waals surface area contributed by atoms with E-state index >= 15 is 0 Å². The largest absolute Gasteiger partial charge is 0.378 e. The molecular weight excluding hydrogens is 190 g/mol. The van der Waals surface area contributed by atoms with Crippen LogP contribution in [0.5, 0.6) is 0 Å². The highest BCUT2D eigenvalue weighted by Gasteiger charge is 2.18. The Hall–Kier alpha value is -1.39. The summed E-state index contributed by atoms with van der Waals surface area (Å²) in [6, 6.07) is 6.28. The van der Waals surface area contributed by atoms with Gasteiger partial charge in [-0.05, 0) is 12.1 Å². The number of pyridine rings is 1. The van der Waals surface area contributed by atoms with Crippen LogP contribution >= 0.6 is 0 Å². The highest BCUT2D eigenvalue weighted by atomic mass is 16.5. The molecule has 0 radical (unpaired) electrons. The molecule has 0 spiro atoms. The van der Waals surface area contributed by atoms with E-state index in [1.54, 1.807) is 0 Å². The lowest BCUT2D eigenvalue weighted by Gasteiger charge is -2.23. The minimum absolute atomic E-state index is 0.260. The summed E-state index contributed by atoms with van der Waals surface area (Å²) < 4.78 is 7.55. The number of ether oxygens (including phenoxy) is 1. The quantitative estimate of drug-likeness (QED) is 0.751. The average Bonchev–Trinajstić information content (AvgIpc) is 2.74. The molecule has 78 valence electrons. The third-order valence-corrected chi connectivity index (χ3v) is 2.72. The molecule has 0 aromatic carbocycles. The van der Waals surface area contributed by atoms with Gasteiger partial charge in [-0.1, -0.05) is 6.07 Å². The van der Waals surface area contributed by atoms with Crippen LogP contribution in [0.1, 0.15) is 11.7 Å². The predicted molar refractivity (Wildman–Crippen MR) is 56.8 cm³/mol. The lowest BCUT2D eigenvalue weighted by Crippen LogP contribution is -2.35. The van der Waals surface area contributed by atoms with Crippen molar-refractivity contribution in [2.45, 2.75) is 6.04 Å². The SMILES string of the molecule is c1ccn2c(C3COCCN3)cnc2c1. The Labute approximate surface area is 87.9 Å². The number of morpholine rings is 1. The van der Waals surface area contributed by atoms with Crippen molar-refractivity contribution in [2.75, 3.05) is 19.8 Å². The molecule has 1 fully saturated rings. The molecule has 0 saturated carbocycles. The van der Waals surface area contributed by atoms with Crippen LogP contribution in [0.3, 0.4) is 0 Å². The lowest BCUT2D eigenvalue weighted by atomic mass is 10.2. The van der Waals surface area contributed by atoms with Gasteiger partial charge in [0.25, 0.3) is 0 Å². The fraction of sp³-hybridized carbons (Fsp3) is 0.364. The summed E-state index contributed by atoms with van der Waals surface area (Å²) in [5.41, 5.74) is 2.16. The first-order valence-corrected chi connectivity index (χ1v) is 5.18. The van der Waals surface area contributed by atoms with E-state index in [9.17, 15) is 0 Å². The summed E-state index contributed by atoms with van der Waals surface area (Å²) in [6.07, 6.45) is 3.95. The monoisotopic (exact) mass is 203 g/mol. The summed E-state index contributed by atoms with van der Waals surface area (Å²) in [7, 11) is 0. The van der Waals surface area contributed by atoms with Gasteiger partial charge in [0.1, 0.15) is 5.65 Å². The molecule has 0 bridgehead atoms. The minimum Gasteiger partial charge on any atom is -0.378 e. The standard InChI is InChI=1S/C11H13N3O/c1-2-5-14-10(7-13-11(14)3-1)9-8-15-6-4-12-9/h1-3,5,7,9,12H,4,6,8H2. The number of fused-ring (bicyclic) bond motifs is 1. The van der Waals surface area contributed by atoms with E-state index in [2.05, 4.69) is 14.7 Å². The Morgan fingerprint density at radius 1 is 1.47 bits per heavy atom. The first-order chi connectivity index (χ1) is 7.45. The first-order valence-electron chi connectivity index (χ1n) is 5.18. The predicted octanol–water partition coefficient (Wildman–Crippen LogP) is 0.995. The average molecular weight is 203 g/mol. The number of rotatable bonds is 1. The topological polar surface area (TPSA) is 38.6 Å². The Morgan fingerprint density at radius 2 is 2.47 bits per heavy atom. The molecule has 1 aliphatic heterocycles. The van der Waals surface area contributed by atoms with E-state index in [1.807, 2.05) is 30.6 Å². The molecule has 3 rings (SSSR count). The number of nitrogens with one attached hydrogen (secondary N) is 1. The Bertz CT molecular complexity index is 460. The van der Waals surface area contributed by atoms with Gasteiger partial charge in [0.05, 0.1) is 31.1 Å². The molecule has 0 aliphatic carbocycles.